The lowest BCUT2D eigenvalue weighted by Crippen LogP contribution is -2.41. The first-order valence-corrected chi connectivity index (χ1v) is 9.92. The summed E-state index contributed by atoms with van der Waals surface area (Å²) >= 11 is 0. The van der Waals surface area contributed by atoms with Crippen LogP contribution in [-0.4, -0.2) is 50.5 Å². The third kappa shape index (κ3) is 4.52. The summed E-state index contributed by atoms with van der Waals surface area (Å²) in [5, 5.41) is 10.7. The summed E-state index contributed by atoms with van der Waals surface area (Å²) in [6, 6.07) is 9.31. The Morgan fingerprint density at radius 3 is 2.69 bits per heavy atom. The number of allylic oxidation sites excluding steroid dienone is 2. The second-order valence-electron chi connectivity index (χ2n) is 7.61. The number of benzene rings is 1. The Kier molecular flexibility index (Phi) is 5.69. The van der Waals surface area contributed by atoms with Crippen molar-refractivity contribution in [2.45, 2.75) is 44.6 Å². The Morgan fingerprint density at radius 1 is 1.17 bits per heavy atom. The van der Waals surface area contributed by atoms with E-state index < -0.39 is 6.17 Å². The van der Waals surface area contributed by atoms with Crippen LogP contribution in [0.4, 0.5) is 4.39 Å². The molecule has 0 spiro atoms. The van der Waals surface area contributed by atoms with Crippen molar-refractivity contribution in [2.24, 2.45) is 5.92 Å². The van der Waals surface area contributed by atoms with Crippen molar-refractivity contribution in [1.29, 1.82) is 0 Å². The molecule has 1 aliphatic carbocycles. The van der Waals surface area contributed by atoms with Gasteiger partial charge in [-0.05, 0) is 18.4 Å². The summed E-state index contributed by atoms with van der Waals surface area (Å²) in [5.41, 5.74) is 1.19. The number of carbonyl (C=O) groups excluding carboxylic acids is 2. The Labute approximate surface area is 168 Å². The van der Waals surface area contributed by atoms with Gasteiger partial charge in [0, 0.05) is 18.9 Å². The van der Waals surface area contributed by atoms with Gasteiger partial charge in [-0.2, -0.15) is 0 Å². The highest BCUT2D eigenvalue weighted by molar-refractivity contribution is 5.91. The number of likely N-dealkylation sites (tertiary alicyclic amines) is 1. The smallest absolute Gasteiger partial charge is 0.273 e. The van der Waals surface area contributed by atoms with E-state index in [1.807, 2.05) is 42.5 Å². The number of hydrogen-bond donors (Lipinski definition) is 1. The molecule has 1 N–H and O–H groups in total. The first kappa shape index (κ1) is 19.3. The van der Waals surface area contributed by atoms with Crippen LogP contribution >= 0.6 is 0 Å². The van der Waals surface area contributed by atoms with Gasteiger partial charge < -0.3 is 10.2 Å². The minimum atomic E-state index is -1.03. The van der Waals surface area contributed by atoms with Crippen molar-refractivity contribution in [3.63, 3.8) is 0 Å². The van der Waals surface area contributed by atoms with Crippen LogP contribution in [-0.2, 0) is 17.9 Å². The minimum Gasteiger partial charge on any atom is -0.347 e. The largest absolute Gasteiger partial charge is 0.347 e. The summed E-state index contributed by atoms with van der Waals surface area (Å²) < 4.78 is 15.6. The lowest BCUT2D eigenvalue weighted by atomic mass is 10.1. The molecule has 0 saturated carbocycles. The SMILES string of the molecule is O=C(NCc1ccccc1)c1cn(C[C@@H]2C[C@H](F)CN2C(=O)C2CC=CC2)nn1. The minimum absolute atomic E-state index is 0.00101. The zero-order chi connectivity index (χ0) is 20.2. The Morgan fingerprint density at radius 2 is 1.93 bits per heavy atom. The van der Waals surface area contributed by atoms with Gasteiger partial charge in [0.1, 0.15) is 6.17 Å². The van der Waals surface area contributed by atoms with Crippen molar-refractivity contribution in [2.75, 3.05) is 6.54 Å². The van der Waals surface area contributed by atoms with Gasteiger partial charge in [-0.3, -0.25) is 9.59 Å². The number of halogens is 1. The molecule has 29 heavy (non-hydrogen) atoms. The number of alkyl halides is 1. The lowest BCUT2D eigenvalue weighted by Gasteiger charge is -2.26. The summed E-state index contributed by atoms with van der Waals surface area (Å²) in [7, 11) is 0. The normalized spacial score (nSPS) is 21.6. The van der Waals surface area contributed by atoms with Gasteiger partial charge in [-0.25, -0.2) is 9.07 Å². The molecule has 1 aromatic heterocycles. The predicted molar refractivity (Wildman–Crippen MR) is 105 cm³/mol. The van der Waals surface area contributed by atoms with Gasteiger partial charge in [0.05, 0.1) is 25.3 Å². The maximum atomic E-state index is 14.0. The number of aromatic nitrogens is 3. The molecule has 0 unspecified atom stereocenters. The highest BCUT2D eigenvalue weighted by Crippen LogP contribution is 2.28. The van der Waals surface area contributed by atoms with E-state index in [2.05, 4.69) is 15.6 Å². The molecular formula is C21H24FN5O2. The average Bonchev–Trinajstić information content (AvgIpc) is 3.48. The second-order valence-corrected chi connectivity index (χ2v) is 7.61. The zero-order valence-electron chi connectivity index (χ0n) is 16.1. The summed E-state index contributed by atoms with van der Waals surface area (Å²) in [6.07, 6.45) is 6.22. The van der Waals surface area contributed by atoms with Crippen molar-refractivity contribution < 1.29 is 14.0 Å². The van der Waals surface area contributed by atoms with Crippen LogP contribution in [0.1, 0.15) is 35.3 Å². The summed E-state index contributed by atoms with van der Waals surface area (Å²) in [4.78, 5) is 26.7. The maximum Gasteiger partial charge on any atom is 0.273 e. The Balaban J connectivity index is 1.36. The topological polar surface area (TPSA) is 80.1 Å². The zero-order valence-corrected chi connectivity index (χ0v) is 16.1. The molecular weight excluding hydrogens is 373 g/mol. The van der Waals surface area contributed by atoms with E-state index in [0.29, 0.717) is 25.9 Å². The van der Waals surface area contributed by atoms with Crippen LogP contribution in [0.15, 0.2) is 48.7 Å². The van der Waals surface area contributed by atoms with Gasteiger partial charge in [0.25, 0.3) is 5.91 Å². The molecule has 2 heterocycles. The van der Waals surface area contributed by atoms with E-state index in [4.69, 9.17) is 0 Å². The molecule has 1 aromatic carbocycles. The first-order valence-electron chi connectivity index (χ1n) is 9.92. The highest BCUT2D eigenvalue weighted by Gasteiger charge is 2.38. The van der Waals surface area contributed by atoms with Crippen LogP contribution in [0.25, 0.3) is 0 Å². The van der Waals surface area contributed by atoms with E-state index in [1.165, 1.54) is 4.68 Å². The number of nitrogens with one attached hydrogen (secondary N) is 1. The van der Waals surface area contributed by atoms with E-state index in [0.717, 1.165) is 5.56 Å². The maximum absolute atomic E-state index is 14.0. The Hall–Kier alpha value is -3.03. The number of rotatable bonds is 6. The van der Waals surface area contributed by atoms with Crippen LogP contribution in [0.3, 0.4) is 0 Å². The van der Waals surface area contributed by atoms with Crippen LogP contribution in [0.2, 0.25) is 0 Å². The van der Waals surface area contributed by atoms with Gasteiger partial charge in [0.15, 0.2) is 5.69 Å². The molecule has 4 rings (SSSR count). The van der Waals surface area contributed by atoms with Crippen LogP contribution in [0.5, 0.6) is 0 Å². The summed E-state index contributed by atoms with van der Waals surface area (Å²) in [5.74, 6) is -0.404. The quantitative estimate of drug-likeness (QED) is 0.757. The molecule has 1 aliphatic heterocycles. The Bertz CT molecular complexity index is 889. The van der Waals surface area contributed by atoms with Crippen LogP contribution < -0.4 is 5.32 Å². The number of hydrogen-bond acceptors (Lipinski definition) is 4. The van der Waals surface area contributed by atoms with Gasteiger partial charge in [0.2, 0.25) is 5.91 Å². The fraction of sp³-hybridized carbons (Fsp3) is 0.429. The molecule has 2 aliphatic rings. The second kappa shape index (κ2) is 8.55. The van der Waals surface area contributed by atoms with E-state index in [9.17, 15) is 14.0 Å². The molecule has 0 bridgehead atoms. The fourth-order valence-electron chi connectivity index (χ4n) is 3.93. The molecule has 8 heteroatoms. The summed E-state index contributed by atoms with van der Waals surface area (Å²) in [6.45, 7) is 0.848. The number of carbonyl (C=O) groups is 2. The molecule has 1 saturated heterocycles. The molecule has 152 valence electrons. The van der Waals surface area contributed by atoms with Crippen molar-refractivity contribution in [3.8, 4) is 0 Å². The monoisotopic (exact) mass is 397 g/mol. The average molecular weight is 397 g/mol. The van der Waals surface area contributed by atoms with Crippen molar-refractivity contribution >= 4 is 11.8 Å². The molecule has 7 nitrogen and oxygen atoms in total. The molecule has 2 aromatic rings. The van der Waals surface area contributed by atoms with Gasteiger partial charge >= 0.3 is 0 Å². The molecule has 2 amide bonds. The standard InChI is InChI=1S/C21H24FN5O2/c22-17-10-18(27(12-17)21(29)16-8-4-5-9-16)13-26-14-19(24-25-26)20(28)23-11-15-6-2-1-3-7-15/h1-7,14,16-18H,8-13H2,(H,23,28)/t17-,18-/m0/s1. The molecule has 1 fully saturated rings. The van der Waals surface area contributed by atoms with Crippen molar-refractivity contribution in [1.82, 2.24) is 25.2 Å². The fourth-order valence-corrected chi connectivity index (χ4v) is 3.93. The third-order valence-electron chi connectivity index (χ3n) is 5.47. The highest BCUT2D eigenvalue weighted by atomic mass is 19.1. The first-order chi connectivity index (χ1) is 14.1. The third-order valence-corrected chi connectivity index (χ3v) is 5.47. The molecule has 2 atom stereocenters. The van der Waals surface area contributed by atoms with Crippen molar-refractivity contribution in [3.05, 3.63) is 59.9 Å². The van der Waals surface area contributed by atoms with Gasteiger partial charge in [-0.1, -0.05) is 47.7 Å². The van der Waals surface area contributed by atoms with E-state index >= 15 is 0 Å². The number of amides is 2. The lowest BCUT2D eigenvalue weighted by molar-refractivity contribution is -0.136. The van der Waals surface area contributed by atoms with Crippen LogP contribution in [0, 0.1) is 5.92 Å². The molecule has 0 radical (unpaired) electrons. The van der Waals surface area contributed by atoms with E-state index in [-0.39, 0.29) is 42.4 Å². The van der Waals surface area contributed by atoms with Gasteiger partial charge in [-0.15, -0.1) is 5.10 Å². The number of nitrogens with zero attached hydrogens (tertiary/aromatic N) is 4. The predicted octanol–water partition coefficient (Wildman–Crippen LogP) is 2.11. The van der Waals surface area contributed by atoms with E-state index in [1.54, 1.807) is 11.1 Å².